The summed E-state index contributed by atoms with van der Waals surface area (Å²) >= 11 is 0. The minimum Gasteiger partial charge on any atom is -0.338 e. The zero-order valence-electron chi connectivity index (χ0n) is 25.5. The van der Waals surface area contributed by atoms with Crippen LogP contribution in [-0.4, -0.2) is 47.1 Å². The number of nitro benzene ring substituents is 2. The quantitative estimate of drug-likeness (QED) is 0.0493. The molecule has 252 valence electrons. The summed E-state index contributed by atoms with van der Waals surface area (Å²) in [6, 6.07) is 21.2. The number of rotatable bonds is 12. The second-order valence-corrected chi connectivity index (χ2v) is 9.97. The zero-order chi connectivity index (χ0) is 35.2. The van der Waals surface area contributed by atoms with Crippen molar-refractivity contribution >= 4 is 69.6 Å². The molecule has 4 aromatic carbocycles. The van der Waals surface area contributed by atoms with Gasteiger partial charge in [0.1, 0.15) is 0 Å². The SMILES string of the molecule is O=C(NCCCNC(=O)Nc1ccccc1NC(=O)Nc1ccc([N+](=O)[O-])cc1)Nc1ccccc1NC(=O)Nc1ccc([N+](=O)[O-])cc1. The van der Waals surface area contributed by atoms with Crippen LogP contribution in [0.15, 0.2) is 97.1 Å². The highest BCUT2D eigenvalue weighted by Crippen LogP contribution is 2.23. The molecule has 0 atom stereocenters. The molecule has 0 heterocycles. The monoisotopic (exact) mass is 670 g/mol. The van der Waals surface area contributed by atoms with Crippen LogP contribution in [0.2, 0.25) is 0 Å². The molecule has 4 aromatic rings. The molecule has 0 radical (unpaired) electrons. The van der Waals surface area contributed by atoms with Crippen molar-refractivity contribution in [3.8, 4) is 0 Å². The Morgan fingerprint density at radius 1 is 0.449 bits per heavy atom. The second-order valence-electron chi connectivity index (χ2n) is 9.97. The zero-order valence-corrected chi connectivity index (χ0v) is 25.5. The minimum absolute atomic E-state index is 0.118. The summed E-state index contributed by atoms with van der Waals surface area (Å²) in [4.78, 5) is 70.4. The maximum Gasteiger partial charge on any atom is 0.323 e. The van der Waals surface area contributed by atoms with Crippen molar-refractivity contribution in [2.75, 3.05) is 45.0 Å². The largest absolute Gasteiger partial charge is 0.338 e. The van der Waals surface area contributed by atoms with Crippen LogP contribution in [0, 0.1) is 20.2 Å². The maximum absolute atomic E-state index is 12.5. The Morgan fingerprint density at radius 2 is 0.755 bits per heavy atom. The van der Waals surface area contributed by atoms with Gasteiger partial charge in [0.05, 0.1) is 32.6 Å². The first-order valence-corrected chi connectivity index (χ1v) is 14.5. The number of hydrogen-bond donors (Lipinski definition) is 8. The summed E-state index contributed by atoms with van der Waals surface area (Å²) in [6.07, 6.45) is 0.371. The van der Waals surface area contributed by atoms with Gasteiger partial charge in [0, 0.05) is 48.7 Å². The van der Waals surface area contributed by atoms with Gasteiger partial charge in [-0.1, -0.05) is 24.3 Å². The van der Waals surface area contributed by atoms with Crippen LogP contribution in [0.5, 0.6) is 0 Å². The van der Waals surface area contributed by atoms with Crippen molar-refractivity contribution in [1.82, 2.24) is 10.6 Å². The number of non-ortho nitro benzene ring substituents is 2. The van der Waals surface area contributed by atoms with Gasteiger partial charge < -0.3 is 42.5 Å². The topological polar surface area (TPSA) is 251 Å². The normalized spacial score (nSPS) is 10.1. The van der Waals surface area contributed by atoms with Gasteiger partial charge in [-0.05, 0) is 55.0 Å². The fraction of sp³-hybridized carbons (Fsp3) is 0.0968. The molecule has 0 bridgehead atoms. The van der Waals surface area contributed by atoms with E-state index in [4.69, 9.17) is 0 Å². The van der Waals surface area contributed by atoms with Crippen LogP contribution >= 0.6 is 0 Å². The Kier molecular flexibility index (Phi) is 11.9. The van der Waals surface area contributed by atoms with Gasteiger partial charge in [0.15, 0.2) is 0 Å². The van der Waals surface area contributed by atoms with E-state index >= 15 is 0 Å². The van der Waals surface area contributed by atoms with Gasteiger partial charge in [-0.3, -0.25) is 20.2 Å². The van der Waals surface area contributed by atoms with E-state index in [1.165, 1.54) is 48.5 Å². The van der Waals surface area contributed by atoms with E-state index in [0.29, 0.717) is 40.5 Å². The molecule has 4 rings (SSSR count). The molecule has 0 aromatic heterocycles. The maximum atomic E-state index is 12.5. The summed E-state index contributed by atoms with van der Waals surface area (Å²) < 4.78 is 0. The summed E-state index contributed by atoms with van der Waals surface area (Å²) in [7, 11) is 0. The number of nitro groups is 2. The van der Waals surface area contributed by atoms with Crippen molar-refractivity contribution in [3.63, 3.8) is 0 Å². The first kappa shape index (κ1) is 34.6. The molecule has 0 spiro atoms. The van der Waals surface area contributed by atoms with Gasteiger partial charge in [0.25, 0.3) is 11.4 Å². The molecule has 18 nitrogen and oxygen atoms in total. The molecular weight excluding hydrogens is 640 g/mol. The number of amides is 8. The predicted molar refractivity (Wildman–Crippen MR) is 183 cm³/mol. The van der Waals surface area contributed by atoms with E-state index in [1.807, 2.05) is 0 Å². The number of benzene rings is 4. The first-order valence-electron chi connectivity index (χ1n) is 14.5. The Bertz CT molecular complexity index is 1700. The summed E-state index contributed by atoms with van der Waals surface area (Å²) in [5, 5.41) is 42.5. The lowest BCUT2D eigenvalue weighted by molar-refractivity contribution is -0.385. The number of hydrogen-bond acceptors (Lipinski definition) is 8. The van der Waals surface area contributed by atoms with Gasteiger partial charge >= 0.3 is 24.1 Å². The molecule has 0 unspecified atom stereocenters. The van der Waals surface area contributed by atoms with E-state index in [2.05, 4.69) is 42.5 Å². The number of nitrogens with zero attached hydrogens (tertiary/aromatic N) is 2. The number of para-hydroxylation sites is 4. The Balaban J connectivity index is 1.17. The number of anilines is 6. The van der Waals surface area contributed by atoms with Gasteiger partial charge in [0.2, 0.25) is 0 Å². The third-order valence-corrected chi connectivity index (χ3v) is 6.44. The van der Waals surface area contributed by atoms with Crippen LogP contribution in [0.25, 0.3) is 0 Å². The van der Waals surface area contributed by atoms with Crippen molar-refractivity contribution in [1.29, 1.82) is 0 Å². The number of carbonyl (C=O) groups excluding carboxylic acids is 4. The van der Waals surface area contributed by atoms with E-state index in [9.17, 15) is 39.4 Å². The Morgan fingerprint density at radius 3 is 1.06 bits per heavy atom. The molecule has 8 N–H and O–H groups in total. The molecule has 18 heteroatoms. The smallest absolute Gasteiger partial charge is 0.323 e. The van der Waals surface area contributed by atoms with Gasteiger partial charge in [-0.25, -0.2) is 19.2 Å². The Labute approximate surface area is 278 Å². The van der Waals surface area contributed by atoms with E-state index in [-0.39, 0.29) is 24.5 Å². The number of nitrogens with one attached hydrogen (secondary N) is 8. The highest BCUT2D eigenvalue weighted by atomic mass is 16.6. The first-order chi connectivity index (χ1) is 23.6. The average Bonchev–Trinajstić information content (AvgIpc) is 3.07. The molecule has 0 aliphatic heterocycles. The number of urea groups is 4. The van der Waals surface area contributed by atoms with E-state index < -0.39 is 34.0 Å². The molecule has 0 fully saturated rings. The summed E-state index contributed by atoms with van der Waals surface area (Å²) in [6.45, 7) is 0.395. The van der Waals surface area contributed by atoms with Crippen LogP contribution < -0.4 is 42.5 Å². The van der Waals surface area contributed by atoms with Crippen LogP contribution in [-0.2, 0) is 0 Å². The average molecular weight is 671 g/mol. The Hall–Kier alpha value is -7.24. The third kappa shape index (κ3) is 11.0. The second kappa shape index (κ2) is 16.9. The lowest BCUT2D eigenvalue weighted by Crippen LogP contribution is -2.34. The van der Waals surface area contributed by atoms with Crippen molar-refractivity contribution < 1.29 is 29.0 Å². The van der Waals surface area contributed by atoms with Crippen LogP contribution in [0.1, 0.15) is 6.42 Å². The molecular formula is C31H30N10O8. The van der Waals surface area contributed by atoms with Crippen LogP contribution in [0.3, 0.4) is 0 Å². The molecule has 0 aliphatic carbocycles. The minimum atomic E-state index is -0.628. The molecule has 49 heavy (non-hydrogen) atoms. The van der Waals surface area contributed by atoms with E-state index in [1.54, 1.807) is 48.5 Å². The lowest BCUT2D eigenvalue weighted by atomic mass is 10.2. The highest BCUT2D eigenvalue weighted by Gasteiger charge is 2.13. The summed E-state index contributed by atoms with van der Waals surface area (Å²) in [5.41, 5.74) is 1.65. The molecule has 0 saturated carbocycles. The fourth-order valence-corrected chi connectivity index (χ4v) is 4.13. The molecule has 0 saturated heterocycles. The van der Waals surface area contributed by atoms with Gasteiger partial charge in [-0.2, -0.15) is 0 Å². The highest BCUT2D eigenvalue weighted by molar-refractivity contribution is 6.04. The molecule has 8 amide bonds. The predicted octanol–water partition coefficient (Wildman–Crippen LogP) is 6.12. The van der Waals surface area contributed by atoms with E-state index in [0.717, 1.165) is 0 Å². The van der Waals surface area contributed by atoms with Crippen molar-refractivity contribution in [2.24, 2.45) is 0 Å². The number of carbonyl (C=O) groups is 4. The fourth-order valence-electron chi connectivity index (χ4n) is 4.13. The van der Waals surface area contributed by atoms with Crippen molar-refractivity contribution in [2.45, 2.75) is 6.42 Å². The third-order valence-electron chi connectivity index (χ3n) is 6.44. The van der Waals surface area contributed by atoms with Crippen LogP contribution in [0.4, 0.5) is 64.7 Å². The van der Waals surface area contributed by atoms with Gasteiger partial charge in [-0.15, -0.1) is 0 Å². The lowest BCUT2D eigenvalue weighted by Gasteiger charge is -2.14. The molecule has 0 aliphatic rings. The summed E-state index contributed by atoms with van der Waals surface area (Å²) in [5.74, 6) is 0. The standard InChI is InChI=1S/C31H30N10O8/c42-28(36-24-6-1-3-8-26(24)38-30(44)34-20-10-14-22(15-11-20)40(46)47)32-18-5-19-33-29(43)37-25-7-2-4-9-27(25)39-31(45)35-21-12-16-23(17-13-21)41(48)49/h1-4,6-17H,5,18-19H2,(H2,32,36,42)(H2,33,37,43)(H2,34,38,44)(H2,35,39,45). The van der Waals surface area contributed by atoms with Crippen molar-refractivity contribution in [3.05, 3.63) is 117 Å².